The minimum Gasteiger partial charge on any atom is -0.468 e. The Hall–Kier alpha value is -0.570. The molecule has 0 bridgehead atoms. The molecule has 0 aromatic rings. The fourth-order valence-corrected chi connectivity index (χ4v) is 3.49. The number of methoxy groups -OCH3 is 1. The van der Waals surface area contributed by atoms with Crippen LogP contribution in [0.25, 0.3) is 0 Å². The molecular formula is C15H27NO2. The van der Waals surface area contributed by atoms with Gasteiger partial charge in [-0.1, -0.05) is 32.6 Å². The minimum absolute atomic E-state index is 0.0542. The van der Waals surface area contributed by atoms with Crippen molar-refractivity contribution in [2.24, 2.45) is 11.8 Å². The maximum Gasteiger partial charge on any atom is 0.323 e. The van der Waals surface area contributed by atoms with Crippen molar-refractivity contribution >= 4 is 5.97 Å². The second-order valence-corrected chi connectivity index (χ2v) is 6.17. The Morgan fingerprint density at radius 1 is 1.11 bits per heavy atom. The number of carbonyl (C=O) groups excluding carboxylic acids is 1. The van der Waals surface area contributed by atoms with Gasteiger partial charge in [-0.3, -0.25) is 4.79 Å². The molecule has 2 aliphatic carbocycles. The number of rotatable bonds is 4. The molecular weight excluding hydrogens is 226 g/mol. The smallest absolute Gasteiger partial charge is 0.323 e. The standard InChI is InChI=1S/C15H27NO2/c1-11-7-9-12(10-8-11)14(15(17)18-2)16-13-5-3-4-6-13/h11-14,16H,3-10H2,1-2H3. The van der Waals surface area contributed by atoms with Crippen LogP contribution in [0.3, 0.4) is 0 Å². The third-order valence-corrected chi connectivity index (χ3v) is 4.76. The van der Waals surface area contributed by atoms with Gasteiger partial charge in [0.1, 0.15) is 6.04 Å². The Kier molecular flexibility index (Phi) is 5.04. The lowest BCUT2D eigenvalue weighted by atomic mass is 9.79. The zero-order valence-electron chi connectivity index (χ0n) is 11.8. The molecule has 2 saturated carbocycles. The van der Waals surface area contributed by atoms with Gasteiger partial charge in [0.25, 0.3) is 0 Å². The molecule has 2 rings (SSSR count). The molecule has 0 radical (unpaired) electrons. The predicted molar refractivity (Wildman–Crippen MR) is 72.3 cm³/mol. The molecule has 104 valence electrons. The summed E-state index contributed by atoms with van der Waals surface area (Å²) < 4.78 is 5.00. The minimum atomic E-state index is -0.0643. The lowest BCUT2D eigenvalue weighted by Gasteiger charge is -2.33. The third-order valence-electron chi connectivity index (χ3n) is 4.76. The van der Waals surface area contributed by atoms with Crippen molar-refractivity contribution in [1.82, 2.24) is 5.32 Å². The quantitative estimate of drug-likeness (QED) is 0.783. The number of hydrogen-bond acceptors (Lipinski definition) is 3. The molecule has 3 nitrogen and oxygen atoms in total. The van der Waals surface area contributed by atoms with Gasteiger partial charge in [0.15, 0.2) is 0 Å². The fourth-order valence-electron chi connectivity index (χ4n) is 3.49. The first-order valence-electron chi connectivity index (χ1n) is 7.54. The maximum absolute atomic E-state index is 12.0. The highest BCUT2D eigenvalue weighted by atomic mass is 16.5. The van der Waals surface area contributed by atoms with E-state index < -0.39 is 0 Å². The van der Waals surface area contributed by atoms with Crippen LogP contribution < -0.4 is 5.32 Å². The van der Waals surface area contributed by atoms with Gasteiger partial charge in [0.2, 0.25) is 0 Å². The number of esters is 1. The van der Waals surface area contributed by atoms with E-state index >= 15 is 0 Å². The summed E-state index contributed by atoms with van der Waals surface area (Å²) in [6.45, 7) is 2.31. The highest BCUT2D eigenvalue weighted by molar-refractivity contribution is 5.76. The molecule has 1 atom stereocenters. The molecule has 0 heterocycles. The van der Waals surface area contributed by atoms with Crippen molar-refractivity contribution in [2.45, 2.75) is 70.4 Å². The summed E-state index contributed by atoms with van der Waals surface area (Å²) in [4.78, 5) is 12.0. The summed E-state index contributed by atoms with van der Waals surface area (Å²) in [7, 11) is 1.51. The maximum atomic E-state index is 12.0. The average molecular weight is 253 g/mol. The van der Waals surface area contributed by atoms with Crippen molar-refractivity contribution in [2.75, 3.05) is 7.11 Å². The second kappa shape index (κ2) is 6.55. The van der Waals surface area contributed by atoms with Gasteiger partial charge in [0.05, 0.1) is 7.11 Å². The summed E-state index contributed by atoms with van der Waals surface area (Å²) in [6, 6.07) is 0.471. The molecule has 18 heavy (non-hydrogen) atoms. The molecule has 2 fully saturated rings. The SMILES string of the molecule is COC(=O)C(NC1CCCC1)C1CCC(C)CC1. The summed E-state index contributed by atoms with van der Waals surface area (Å²) in [5.41, 5.74) is 0. The van der Waals surface area contributed by atoms with Crippen LogP contribution in [-0.2, 0) is 9.53 Å². The molecule has 0 aromatic carbocycles. The Labute approximate surface area is 111 Å². The normalized spacial score (nSPS) is 31.2. The Bertz CT molecular complexity index is 266. The van der Waals surface area contributed by atoms with Crippen LogP contribution in [0.2, 0.25) is 0 Å². The highest BCUT2D eigenvalue weighted by Crippen LogP contribution is 2.31. The van der Waals surface area contributed by atoms with Gasteiger partial charge < -0.3 is 10.1 Å². The van der Waals surface area contributed by atoms with E-state index in [-0.39, 0.29) is 12.0 Å². The predicted octanol–water partition coefficient (Wildman–Crippen LogP) is 2.89. The first-order valence-corrected chi connectivity index (χ1v) is 7.54. The van der Waals surface area contributed by atoms with Gasteiger partial charge in [-0.05, 0) is 37.5 Å². The fraction of sp³-hybridized carbons (Fsp3) is 0.933. The van der Waals surface area contributed by atoms with Gasteiger partial charge >= 0.3 is 5.97 Å². The first-order chi connectivity index (χ1) is 8.70. The van der Waals surface area contributed by atoms with E-state index in [0.29, 0.717) is 12.0 Å². The van der Waals surface area contributed by atoms with E-state index in [1.165, 1.54) is 58.5 Å². The van der Waals surface area contributed by atoms with Crippen molar-refractivity contribution in [1.29, 1.82) is 0 Å². The number of carbonyl (C=O) groups is 1. The summed E-state index contributed by atoms with van der Waals surface area (Å²) in [5, 5.41) is 3.58. The molecule has 1 unspecified atom stereocenters. The van der Waals surface area contributed by atoms with Crippen molar-refractivity contribution in [3.05, 3.63) is 0 Å². The van der Waals surface area contributed by atoms with Crippen molar-refractivity contribution < 1.29 is 9.53 Å². The molecule has 3 heteroatoms. The van der Waals surface area contributed by atoms with E-state index in [1.807, 2.05) is 0 Å². The topological polar surface area (TPSA) is 38.3 Å². The summed E-state index contributed by atoms with van der Waals surface area (Å²) >= 11 is 0. The lowest BCUT2D eigenvalue weighted by molar-refractivity contribution is -0.145. The Balaban J connectivity index is 1.93. The van der Waals surface area contributed by atoms with E-state index in [9.17, 15) is 4.79 Å². The van der Waals surface area contributed by atoms with E-state index in [4.69, 9.17) is 4.74 Å². The third kappa shape index (κ3) is 3.47. The molecule has 0 aliphatic heterocycles. The monoisotopic (exact) mass is 253 g/mol. The Morgan fingerprint density at radius 2 is 1.72 bits per heavy atom. The van der Waals surface area contributed by atoms with Gasteiger partial charge in [-0.2, -0.15) is 0 Å². The molecule has 0 amide bonds. The van der Waals surface area contributed by atoms with Crippen molar-refractivity contribution in [3.63, 3.8) is 0 Å². The molecule has 0 aromatic heterocycles. The van der Waals surface area contributed by atoms with Gasteiger partial charge in [-0.25, -0.2) is 0 Å². The zero-order valence-corrected chi connectivity index (χ0v) is 11.8. The van der Waals surface area contributed by atoms with Crippen LogP contribution in [0.5, 0.6) is 0 Å². The summed E-state index contributed by atoms with van der Waals surface area (Å²) in [5.74, 6) is 1.25. The van der Waals surface area contributed by atoms with E-state index in [0.717, 1.165) is 5.92 Å². The molecule has 1 N–H and O–H groups in total. The van der Waals surface area contributed by atoms with Crippen LogP contribution in [0.4, 0.5) is 0 Å². The van der Waals surface area contributed by atoms with Crippen molar-refractivity contribution in [3.8, 4) is 0 Å². The highest BCUT2D eigenvalue weighted by Gasteiger charge is 2.33. The number of ether oxygens (including phenoxy) is 1. The van der Waals surface area contributed by atoms with Crippen LogP contribution in [0.1, 0.15) is 58.3 Å². The zero-order chi connectivity index (χ0) is 13.0. The number of hydrogen-bond donors (Lipinski definition) is 1. The lowest BCUT2D eigenvalue weighted by Crippen LogP contribution is -2.48. The average Bonchev–Trinajstić information content (AvgIpc) is 2.89. The van der Waals surface area contributed by atoms with E-state index in [1.54, 1.807) is 0 Å². The molecule has 2 aliphatic rings. The van der Waals surface area contributed by atoms with Crippen LogP contribution in [-0.4, -0.2) is 25.2 Å². The molecule has 0 saturated heterocycles. The first kappa shape index (κ1) is 13.9. The number of nitrogens with one attached hydrogen (secondary N) is 1. The van der Waals surface area contributed by atoms with E-state index in [2.05, 4.69) is 12.2 Å². The van der Waals surface area contributed by atoms with Crippen LogP contribution >= 0.6 is 0 Å². The summed E-state index contributed by atoms with van der Waals surface area (Å²) in [6.07, 6.45) is 9.88. The second-order valence-electron chi connectivity index (χ2n) is 6.17. The van der Waals surface area contributed by atoms with Crippen LogP contribution in [0, 0.1) is 11.8 Å². The Morgan fingerprint density at radius 3 is 2.28 bits per heavy atom. The van der Waals surface area contributed by atoms with Gasteiger partial charge in [-0.15, -0.1) is 0 Å². The molecule has 0 spiro atoms. The van der Waals surface area contributed by atoms with Crippen LogP contribution in [0.15, 0.2) is 0 Å². The van der Waals surface area contributed by atoms with Gasteiger partial charge in [0, 0.05) is 6.04 Å². The largest absolute Gasteiger partial charge is 0.468 e.